The van der Waals surface area contributed by atoms with Crippen molar-refractivity contribution in [3.05, 3.63) is 39.8 Å². The zero-order chi connectivity index (χ0) is 9.14. The van der Waals surface area contributed by atoms with Crippen LogP contribution in [-0.4, -0.2) is 5.88 Å². The SMILES string of the molecule is C=C(CCl)c1cc(Cl)ccc1Br. The highest BCUT2D eigenvalue weighted by molar-refractivity contribution is 9.10. The molecule has 0 spiro atoms. The van der Waals surface area contributed by atoms with E-state index in [1.54, 1.807) is 0 Å². The van der Waals surface area contributed by atoms with Crippen LogP contribution in [0.25, 0.3) is 5.57 Å². The van der Waals surface area contributed by atoms with Crippen molar-refractivity contribution in [3.63, 3.8) is 0 Å². The summed E-state index contributed by atoms with van der Waals surface area (Å²) in [5.74, 6) is 0.416. The predicted molar refractivity (Wildman–Crippen MR) is 58.9 cm³/mol. The maximum atomic E-state index is 5.81. The summed E-state index contributed by atoms with van der Waals surface area (Å²) < 4.78 is 0.970. The highest BCUT2D eigenvalue weighted by Crippen LogP contribution is 2.26. The second kappa shape index (κ2) is 4.31. The maximum Gasteiger partial charge on any atom is 0.0474 e. The van der Waals surface area contributed by atoms with Crippen LogP contribution in [0.4, 0.5) is 0 Å². The molecule has 0 aliphatic carbocycles. The molecule has 0 atom stereocenters. The zero-order valence-electron chi connectivity index (χ0n) is 6.28. The van der Waals surface area contributed by atoms with Crippen LogP contribution >= 0.6 is 39.1 Å². The fourth-order valence-electron chi connectivity index (χ4n) is 0.840. The minimum absolute atomic E-state index is 0.416. The van der Waals surface area contributed by atoms with Crippen LogP contribution < -0.4 is 0 Å². The highest BCUT2D eigenvalue weighted by Gasteiger charge is 2.03. The van der Waals surface area contributed by atoms with Crippen molar-refractivity contribution < 1.29 is 0 Å². The Labute approximate surface area is 90.3 Å². The van der Waals surface area contributed by atoms with E-state index in [1.165, 1.54) is 0 Å². The molecule has 1 aromatic carbocycles. The molecule has 0 bridgehead atoms. The van der Waals surface area contributed by atoms with Crippen LogP contribution in [0.3, 0.4) is 0 Å². The van der Waals surface area contributed by atoms with Crippen molar-refractivity contribution in [1.29, 1.82) is 0 Å². The van der Waals surface area contributed by atoms with Gasteiger partial charge in [-0.05, 0) is 29.3 Å². The maximum absolute atomic E-state index is 5.81. The summed E-state index contributed by atoms with van der Waals surface area (Å²) in [4.78, 5) is 0. The summed E-state index contributed by atoms with van der Waals surface area (Å²) in [5, 5.41) is 0.694. The fraction of sp³-hybridized carbons (Fsp3) is 0.111. The first-order chi connectivity index (χ1) is 5.65. The molecule has 0 nitrogen and oxygen atoms in total. The van der Waals surface area contributed by atoms with Gasteiger partial charge in [-0.2, -0.15) is 0 Å². The lowest BCUT2D eigenvalue weighted by molar-refractivity contribution is 1.54. The number of benzene rings is 1. The smallest absolute Gasteiger partial charge is 0.0474 e. The molecule has 0 aliphatic rings. The monoisotopic (exact) mass is 264 g/mol. The number of allylic oxidation sites excluding steroid dienone is 1. The first kappa shape index (κ1) is 10.1. The first-order valence-electron chi connectivity index (χ1n) is 3.34. The molecule has 64 valence electrons. The molecule has 0 aromatic heterocycles. The van der Waals surface area contributed by atoms with Gasteiger partial charge in [0.2, 0.25) is 0 Å². The summed E-state index contributed by atoms with van der Waals surface area (Å²) in [6.07, 6.45) is 0. The van der Waals surface area contributed by atoms with E-state index in [9.17, 15) is 0 Å². The molecule has 0 unspecified atom stereocenters. The Kier molecular flexibility index (Phi) is 3.63. The summed E-state index contributed by atoms with van der Waals surface area (Å²) in [6, 6.07) is 5.54. The van der Waals surface area contributed by atoms with E-state index in [2.05, 4.69) is 22.5 Å². The summed E-state index contributed by atoms with van der Waals surface area (Å²) in [6.45, 7) is 3.82. The van der Waals surface area contributed by atoms with Gasteiger partial charge >= 0.3 is 0 Å². The van der Waals surface area contributed by atoms with Gasteiger partial charge in [0, 0.05) is 15.4 Å². The molecule has 0 amide bonds. The number of alkyl halides is 1. The summed E-state index contributed by atoms with van der Waals surface area (Å²) >= 11 is 14.9. The Morgan fingerprint density at radius 1 is 1.50 bits per heavy atom. The minimum Gasteiger partial charge on any atom is -0.122 e. The van der Waals surface area contributed by atoms with Gasteiger partial charge in [-0.15, -0.1) is 11.6 Å². The van der Waals surface area contributed by atoms with E-state index in [0.29, 0.717) is 10.9 Å². The lowest BCUT2D eigenvalue weighted by Gasteiger charge is -2.04. The van der Waals surface area contributed by atoms with E-state index in [1.807, 2.05) is 18.2 Å². The summed E-state index contributed by atoms with van der Waals surface area (Å²) in [7, 11) is 0. The van der Waals surface area contributed by atoms with Crippen LogP contribution in [0.2, 0.25) is 5.02 Å². The van der Waals surface area contributed by atoms with Crippen LogP contribution in [0.1, 0.15) is 5.56 Å². The molecule has 0 N–H and O–H groups in total. The largest absolute Gasteiger partial charge is 0.122 e. The quantitative estimate of drug-likeness (QED) is 0.698. The third kappa shape index (κ3) is 2.25. The molecule has 0 fully saturated rings. The third-order valence-corrected chi connectivity index (χ3v) is 2.72. The van der Waals surface area contributed by atoms with Crippen LogP contribution in [0.5, 0.6) is 0 Å². The van der Waals surface area contributed by atoms with E-state index in [4.69, 9.17) is 23.2 Å². The Morgan fingerprint density at radius 3 is 2.75 bits per heavy atom. The zero-order valence-corrected chi connectivity index (χ0v) is 9.38. The van der Waals surface area contributed by atoms with Crippen molar-refractivity contribution >= 4 is 44.7 Å². The normalized spacial score (nSPS) is 9.92. The van der Waals surface area contributed by atoms with Gasteiger partial charge in [0.25, 0.3) is 0 Å². The topological polar surface area (TPSA) is 0 Å². The van der Waals surface area contributed by atoms with Crippen LogP contribution in [0, 0.1) is 0 Å². The number of hydrogen-bond donors (Lipinski definition) is 0. The number of hydrogen-bond acceptors (Lipinski definition) is 0. The average molecular weight is 266 g/mol. The molecular weight excluding hydrogens is 259 g/mol. The minimum atomic E-state index is 0.416. The van der Waals surface area contributed by atoms with Crippen molar-refractivity contribution in [3.8, 4) is 0 Å². The highest BCUT2D eigenvalue weighted by atomic mass is 79.9. The third-order valence-electron chi connectivity index (χ3n) is 1.47. The van der Waals surface area contributed by atoms with Gasteiger partial charge in [0.15, 0.2) is 0 Å². The molecule has 12 heavy (non-hydrogen) atoms. The Balaban J connectivity index is 3.13. The molecule has 0 saturated carbocycles. The van der Waals surface area contributed by atoms with E-state index < -0.39 is 0 Å². The number of rotatable bonds is 2. The molecule has 0 aliphatic heterocycles. The van der Waals surface area contributed by atoms with Gasteiger partial charge in [0.1, 0.15) is 0 Å². The first-order valence-corrected chi connectivity index (χ1v) is 5.05. The second-order valence-electron chi connectivity index (χ2n) is 2.36. The van der Waals surface area contributed by atoms with Crippen molar-refractivity contribution in [2.75, 3.05) is 5.88 Å². The van der Waals surface area contributed by atoms with Crippen LogP contribution in [0.15, 0.2) is 29.3 Å². The van der Waals surface area contributed by atoms with Gasteiger partial charge in [-0.25, -0.2) is 0 Å². The van der Waals surface area contributed by atoms with Crippen molar-refractivity contribution in [2.45, 2.75) is 0 Å². The van der Waals surface area contributed by atoms with Crippen molar-refractivity contribution in [1.82, 2.24) is 0 Å². The molecule has 0 radical (unpaired) electrons. The van der Waals surface area contributed by atoms with E-state index in [-0.39, 0.29) is 0 Å². The second-order valence-corrected chi connectivity index (χ2v) is 3.92. The molecule has 3 heteroatoms. The Hall–Kier alpha value is 0.0200. The molecular formula is C9H7BrCl2. The summed E-state index contributed by atoms with van der Waals surface area (Å²) in [5.41, 5.74) is 1.84. The van der Waals surface area contributed by atoms with E-state index in [0.717, 1.165) is 15.6 Å². The Morgan fingerprint density at radius 2 is 2.17 bits per heavy atom. The molecule has 0 heterocycles. The predicted octanol–water partition coefficient (Wildman–Crippen LogP) is 4.35. The molecule has 1 aromatic rings. The standard InChI is InChI=1S/C9H7BrCl2/c1-6(5-11)8-4-7(12)2-3-9(8)10/h2-4H,1,5H2. The fourth-order valence-corrected chi connectivity index (χ4v) is 1.68. The van der Waals surface area contributed by atoms with Gasteiger partial charge in [0.05, 0.1) is 0 Å². The molecule has 1 rings (SSSR count). The lowest BCUT2D eigenvalue weighted by Crippen LogP contribution is -1.85. The van der Waals surface area contributed by atoms with Gasteiger partial charge in [-0.1, -0.05) is 34.1 Å². The van der Waals surface area contributed by atoms with Gasteiger partial charge in [-0.3, -0.25) is 0 Å². The number of halogens is 3. The van der Waals surface area contributed by atoms with E-state index >= 15 is 0 Å². The van der Waals surface area contributed by atoms with Crippen molar-refractivity contribution in [2.24, 2.45) is 0 Å². The van der Waals surface area contributed by atoms with Gasteiger partial charge < -0.3 is 0 Å². The van der Waals surface area contributed by atoms with Crippen LogP contribution in [-0.2, 0) is 0 Å². The molecule has 0 saturated heterocycles. The Bertz CT molecular complexity index is 307. The lowest BCUT2D eigenvalue weighted by atomic mass is 10.1. The average Bonchev–Trinajstić information content (AvgIpc) is 2.08.